The maximum absolute atomic E-state index is 13.5. The summed E-state index contributed by atoms with van der Waals surface area (Å²) in [6.07, 6.45) is 0.956. The van der Waals surface area contributed by atoms with E-state index in [2.05, 4.69) is 0 Å². The summed E-state index contributed by atoms with van der Waals surface area (Å²) < 4.78 is 18.8. The van der Waals surface area contributed by atoms with Gasteiger partial charge in [0.1, 0.15) is 11.6 Å². The van der Waals surface area contributed by atoms with Gasteiger partial charge in [-0.05, 0) is 30.2 Å². The SMILES string of the molecule is CCc1ccc(Oc2cccc(F)c2C=O)c([N+](=O)[O-])c1. The van der Waals surface area contributed by atoms with Crippen LogP contribution in [0.5, 0.6) is 11.5 Å². The summed E-state index contributed by atoms with van der Waals surface area (Å²) in [5.41, 5.74) is 0.283. The van der Waals surface area contributed by atoms with Crippen molar-refractivity contribution < 1.29 is 18.8 Å². The molecular weight excluding hydrogens is 277 g/mol. The third-order valence-corrected chi connectivity index (χ3v) is 2.98. The Morgan fingerprint density at radius 3 is 2.67 bits per heavy atom. The van der Waals surface area contributed by atoms with Gasteiger partial charge in [0, 0.05) is 6.07 Å². The molecule has 0 bridgehead atoms. The third kappa shape index (κ3) is 3.05. The Kier molecular flexibility index (Phi) is 4.27. The summed E-state index contributed by atoms with van der Waals surface area (Å²) in [7, 11) is 0. The zero-order valence-electron chi connectivity index (χ0n) is 11.2. The van der Waals surface area contributed by atoms with Crippen molar-refractivity contribution in [2.24, 2.45) is 0 Å². The van der Waals surface area contributed by atoms with Gasteiger partial charge in [-0.1, -0.05) is 19.1 Å². The summed E-state index contributed by atoms with van der Waals surface area (Å²) >= 11 is 0. The number of halogens is 1. The normalized spacial score (nSPS) is 10.2. The van der Waals surface area contributed by atoms with Gasteiger partial charge in [-0.3, -0.25) is 14.9 Å². The number of aryl methyl sites for hydroxylation is 1. The van der Waals surface area contributed by atoms with Crippen molar-refractivity contribution in [3.8, 4) is 11.5 Å². The highest BCUT2D eigenvalue weighted by molar-refractivity contribution is 5.80. The summed E-state index contributed by atoms with van der Waals surface area (Å²) in [6.45, 7) is 1.87. The summed E-state index contributed by atoms with van der Waals surface area (Å²) in [6, 6.07) is 8.38. The lowest BCUT2D eigenvalue weighted by atomic mass is 10.1. The molecule has 2 aromatic carbocycles. The van der Waals surface area contributed by atoms with Crippen molar-refractivity contribution in [2.75, 3.05) is 0 Å². The molecule has 0 radical (unpaired) electrons. The van der Waals surface area contributed by atoms with Crippen LogP contribution in [0.3, 0.4) is 0 Å². The molecule has 0 spiro atoms. The molecule has 0 saturated carbocycles. The standard InChI is InChI=1S/C15H12FNO4/c1-2-10-6-7-15(13(8-10)17(19)20)21-14-5-3-4-12(16)11(14)9-18/h3-9H,2H2,1H3. The lowest BCUT2D eigenvalue weighted by Gasteiger charge is -2.09. The molecule has 0 fully saturated rings. The van der Waals surface area contributed by atoms with Crippen LogP contribution in [0.25, 0.3) is 0 Å². The number of carbonyl (C=O) groups excluding carboxylic acids is 1. The highest BCUT2D eigenvalue weighted by Gasteiger charge is 2.18. The van der Waals surface area contributed by atoms with Crippen molar-refractivity contribution in [3.63, 3.8) is 0 Å². The molecule has 108 valence electrons. The summed E-state index contributed by atoms with van der Waals surface area (Å²) in [4.78, 5) is 21.4. The molecule has 0 atom stereocenters. The van der Waals surface area contributed by atoms with Crippen LogP contribution in [-0.4, -0.2) is 11.2 Å². The van der Waals surface area contributed by atoms with Crippen molar-refractivity contribution in [3.05, 3.63) is 63.5 Å². The third-order valence-electron chi connectivity index (χ3n) is 2.98. The van der Waals surface area contributed by atoms with E-state index in [1.54, 1.807) is 6.07 Å². The molecular formula is C15H12FNO4. The number of rotatable bonds is 5. The van der Waals surface area contributed by atoms with E-state index in [-0.39, 0.29) is 22.7 Å². The molecule has 0 N–H and O–H groups in total. The fourth-order valence-corrected chi connectivity index (χ4v) is 1.85. The number of ether oxygens (including phenoxy) is 1. The number of hydrogen-bond acceptors (Lipinski definition) is 4. The number of nitro groups is 1. The van der Waals surface area contributed by atoms with Crippen molar-refractivity contribution in [2.45, 2.75) is 13.3 Å². The number of hydrogen-bond donors (Lipinski definition) is 0. The molecule has 0 aliphatic rings. The van der Waals surface area contributed by atoms with Crippen molar-refractivity contribution in [1.29, 1.82) is 0 Å². The molecule has 0 unspecified atom stereocenters. The van der Waals surface area contributed by atoms with E-state index in [4.69, 9.17) is 4.74 Å². The van der Waals surface area contributed by atoms with Crippen molar-refractivity contribution in [1.82, 2.24) is 0 Å². The lowest BCUT2D eigenvalue weighted by Crippen LogP contribution is -1.98. The Morgan fingerprint density at radius 2 is 2.05 bits per heavy atom. The van der Waals surface area contributed by atoms with Gasteiger partial charge in [0.25, 0.3) is 0 Å². The second kappa shape index (κ2) is 6.13. The van der Waals surface area contributed by atoms with Crippen LogP contribution < -0.4 is 4.74 Å². The Labute approximate surface area is 120 Å². The van der Waals surface area contributed by atoms with Crippen LogP contribution in [0.1, 0.15) is 22.8 Å². The molecule has 5 nitrogen and oxygen atoms in total. The predicted octanol–water partition coefficient (Wildman–Crippen LogP) is 3.90. The maximum Gasteiger partial charge on any atom is 0.311 e. The highest BCUT2D eigenvalue weighted by atomic mass is 19.1. The first kappa shape index (κ1) is 14.6. The minimum atomic E-state index is -0.740. The fourth-order valence-electron chi connectivity index (χ4n) is 1.85. The van der Waals surface area contributed by atoms with E-state index < -0.39 is 10.7 Å². The van der Waals surface area contributed by atoms with Crippen LogP contribution in [0, 0.1) is 15.9 Å². The van der Waals surface area contributed by atoms with Gasteiger partial charge in [-0.25, -0.2) is 4.39 Å². The van der Waals surface area contributed by atoms with E-state index in [0.717, 1.165) is 11.6 Å². The second-order valence-corrected chi connectivity index (χ2v) is 4.28. The van der Waals surface area contributed by atoms with Crippen LogP contribution >= 0.6 is 0 Å². The molecule has 6 heteroatoms. The number of carbonyl (C=O) groups is 1. The molecule has 21 heavy (non-hydrogen) atoms. The Hall–Kier alpha value is -2.76. The smallest absolute Gasteiger partial charge is 0.311 e. The number of nitro benzene ring substituents is 1. The maximum atomic E-state index is 13.5. The van der Waals surface area contributed by atoms with Crippen molar-refractivity contribution >= 4 is 12.0 Å². The van der Waals surface area contributed by atoms with Crippen LogP contribution in [0.4, 0.5) is 10.1 Å². The van der Waals surface area contributed by atoms with Gasteiger partial charge < -0.3 is 4.74 Å². The zero-order chi connectivity index (χ0) is 15.4. The first-order valence-electron chi connectivity index (χ1n) is 6.25. The molecule has 2 rings (SSSR count). The van der Waals surface area contributed by atoms with Gasteiger partial charge in [0.2, 0.25) is 5.75 Å². The average Bonchev–Trinajstić information content (AvgIpc) is 2.47. The second-order valence-electron chi connectivity index (χ2n) is 4.28. The largest absolute Gasteiger partial charge is 0.449 e. The molecule has 0 heterocycles. The molecule has 0 amide bonds. The van der Waals surface area contributed by atoms with Gasteiger partial charge in [0.05, 0.1) is 10.5 Å². The number of nitrogens with zero attached hydrogens (tertiary/aromatic N) is 1. The highest BCUT2D eigenvalue weighted by Crippen LogP contribution is 2.34. The molecule has 0 aromatic heterocycles. The van der Waals surface area contributed by atoms with E-state index >= 15 is 0 Å². The van der Waals surface area contributed by atoms with E-state index in [1.807, 2.05) is 6.92 Å². The number of aldehydes is 1. The van der Waals surface area contributed by atoms with Crippen LogP contribution in [-0.2, 0) is 6.42 Å². The minimum Gasteiger partial charge on any atom is -0.449 e. The summed E-state index contributed by atoms with van der Waals surface area (Å²) in [5, 5.41) is 11.1. The van der Waals surface area contributed by atoms with Gasteiger partial charge in [-0.15, -0.1) is 0 Å². The Balaban J connectivity index is 2.47. The molecule has 0 aliphatic carbocycles. The number of benzene rings is 2. The minimum absolute atomic E-state index is 0.0362. The predicted molar refractivity (Wildman–Crippen MR) is 74.3 cm³/mol. The Bertz CT molecular complexity index is 700. The van der Waals surface area contributed by atoms with Crippen LogP contribution in [0.2, 0.25) is 0 Å². The van der Waals surface area contributed by atoms with E-state index in [0.29, 0.717) is 12.7 Å². The van der Waals surface area contributed by atoms with E-state index in [9.17, 15) is 19.3 Å². The fraction of sp³-hybridized carbons (Fsp3) is 0.133. The van der Waals surface area contributed by atoms with Gasteiger partial charge in [-0.2, -0.15) is 0 Å². The summed E-state index contributed by atoms with van der Waals surface area (Å²) in [5.74, 6) is -0.835. The first-order valence-corrected chi connectivity index (χ1v) is 6.25. The lowest BCUT2D eigenvalue weighted by molar-refractivity contribution is -0.385. The molecule has 0 aliphatic heterocycles. The zero-order valence-corrected chi connectivity index (χ0v) is 11.2. The van der Waals surface area contributed by atoms with Gasteiger partial charge >= 0.3 is 5.69 Å². The average molecular weight is 289 g/mol. The Morgan fingerprint density at radius 1 is 1.29 bits per heavy atom. The molecule has 2 aromatic rings. The first-order chi connectivity index (χ1) is 10.1. The topological polar surface area (TPSA) is 69.4 Å². The quantitative estimate of drug-likeness (QED) is 0.475. The molecule has 0 saturated heterocycles. The van der Waals surface area contributed by atoms with Gasteiger partial charge in [0.15, 0.2) is 6.29 Å². The van der Waals surface area contributed by atoms with E-state index in [1.165, 1.54) is 24.3 Å². The van der Waals surface area contributed by atoms with Crippen LogP contribution in [0.15, 0.2) is 36.4 Å². The monoisotopic (exact) mass is 289 g/mol.